The minimum absolute atomic E-state index is 0.308. The molecule has 1 rings (SSSR count). The van der Waals surface area contributed by atoms with Gasteiger partial charge in [-0.1, -0.05) is 0 Å². The number of hydrogen-bond acceptors (Lipinski definition) is 1. The molecule has 0 atom stereocenters. The normalized spacial score (nSPS) is 11.0. The molecular weight excluding hydrogens is 221 g/mol. The zero-order valence-corrected chi connectivity index (χ0v) is 6.89. The third kappa shape index (κ3) is 1.99. The highest BCUT2D eigenvalue weighted by Gasteiger charge is 2.35. The highest BCUT2D eigenvalue weighted by Crippen LogP contribution is 2.32. The van der Waals surface area contributed by atoms with Gasteiger partial charge in [-0.3, -0.25) is 0 Å². The number of alkyl halides is 2. The van der Waals surface area contributed by atoms with Crippen molar-refractivity contribution in [2.45, 2.75) is 6.05 Å². The first-order valence-corrected chi connectivity index (χ1v) is 3.48. The van der Waals surface area contributed by atoms with Gasteiger partial charge >= 0.3 is 6.05 Å². The molecule has 3 nitrogen and oxygen atoms in total. The van der Waals surface area contributed by atoms with E-state index in [0.29, 0.717) is 12.1 Å². The lowest BCUT2D eigenvalue weighted by molar-refractivity contribution is -0.000787. The van der Waals surface area contributed by atoms with Gasteiger partial charge in [-0.2, -0.15) is 8.78 Å². The summed E-state index contributed by atoms with van der Waals surface area (Å²) in [5, 5.41) is 1.98. The van der Waals surface area contributed by atoms with Crippen molar-refractivity contribution in [3.05, 3.63) is 45.6 Å². The molecule has 1 aromatic rings. The lowest BCUT2D eigenvalue weighted by atomic mass is 10.1. The van der Waals surface area contributed by atoms with Crippen LogP contribution in [0.4, 0.5) is 22.0 Å². The third-order valence-corrected chi connectivity index (χ3v) is 1.53. The third-order valence-electron chi connectivity index (χ3n) is 1.53. The number of rotatable bonds is 2. The van der Waals surface area contributed by atoms with Gasteiger partial charge in [-0.25, -0.2) is 13.2 Å². The van der Waals surface area contributed by atoms with Crippen LogP contribution in [0, 0.1) is 17.5 Å². The van der Waals surface area contributed by atoms with Gasteiger partial charge in [-0.05, 0) is 22.8 Å². The Morgan fingerprint density at radius 3 is 2.27 bits per heavy atom. The first-order valence-electron chi connectivity index (χ1n) is 3.48. The maximum Gasteiger partial charge on any atom is 0.353 e. The quantitative estimate of drug-likeness (QED) is 0.184. The molecule has 0 radical (unpaired) electrons. The minimum Gasteiger partial charge on any atom is -0.204 e. The lowest BCUT2D eigenvalue weighted by Crippen LogP contribution is -2.13. The molecule has 1 aromatic carbocycles. The van der Waals surface area contributed by atoms with Gasteiger partial charge in [-0.15, -0.1) is 0 Å². The molecule has 0 bridgehead atoms. The summed E-state index contributed by atoms with van der Waals surface area (Å²) in [6, 6.07) is -3.63. The second kappa shape index (κ2) is 3.74. The summed E-state index contributed by atoms with van der Waals surface area (Å²) in [5.41, 5.74) is 6.25. The molecule has 0 saturated heterocycles. The van der Waals surface area contributed by atoms with Crippen molar-refractivity contribution in [3.63, 3.8) is 0 Å². The van der Waals surface area contributed by atoms with E-state index in [4.69, 9.17) is 5.53 Å². The molecule has 15 heavy (non-hydrogen) atoms. The molecule has 0 heterocycles. The molecular formula is C7H2F5N3. The summed E-state index contributed by atoms with van der Waals surface area (Å²) in [6.45, 7) is 0. The zero-order chi connectivity index (χ0) is 11.6. The van der Waals surface area contributed by atoms with E-state index in [1.807, 2.05) is 5.11 Å². The fraction of sp³-hybridized carbons (Fsp3) is 0.143. The zero-order valence-electron chi connectivity index (χ0n) is 6.89. The van der Waals surface area contributed by atoms with E-state index in [0.717, 1.165) is 0 Å². The van der Waals surface area contributed by atoms with Gasteiger partial charge in [0.2, 0.25) is 0 Å². The molecule has 0 aromatic heterocycles. The number of nitrogens with zero attached hydrogens (tertiary/aromatic N) is 3. The molecule has 0 aliphatic carbocycles. The van der Waals surface area contributed by atoms with Crippen LogP contribution in [0.15, 0.2) is 17.2 Å². The first kappa shape index (κ1) is 11.3. The number of hydrogen-bond donors (Lipinski definition) is 0. The Bertz CT molecular complexity index is 438. The smallest absolute Gasteiger partial charge is 0.204 e. The highest BCUT2D eigenvalue weighted by molar-refractivity contribution is 5.24. The summed E-state index contributed by atoms with van der Waals surface area (Å²) in [5.74, 6) is -5.72. The van der Waals surface area contributed by atoms with E-state index in [1.54, 1.807) is 4.91 Å². The fourth-order valence-corrected chi connectivity index (χ4v) is 0.868. The Hall–Kier alpha value is -1.82. The van der Waals surface area contributed by atoms with Crippen molar-refractivity contribution in [2.24, 2.45) is 5.11 Å². The molecule has 0 fully saturated rings. The van der Waals surface area contributed by atoms with Crippen LogP contribution in [0.25, 0.3) is 10.4 Å². The first-order chi connectivity index (χ1) is 6.90. The van der Waals surface area contributed by atoms with E-state index < -0.39 is 29.1 Å². The van der Waals surface area contributed by atoms with Crippen LogP contribution in [0.5, 0.6) is 0 Å². The Morgan fingerprint density at radius 1 is 1.13 bits per heavy atom. The van der Waals surface area contributed by atoms with Gasteiger partial charge < -0.3 is 0 Å². The van der Waals surface area contributed by atoms with E-state index >= 15 is 0 Å². The van der Waals surface area contributed by atoms with Crippen LogP contribution < -0.4 is 0 Å². The fourth-order valence-electron chi connectivity index (χ4n) is 0.868. The minimum atomic E-state index is -4.26. The van der Waals surface area contributed by atoms with Gasteiger partial charge in [0.1, 0.15) is 0 Å². The van der Waals surface area contributed by atoms with Crippen molar-refractivity contribution >= 4 is 0 Å². The molecule has 0 aliphatic heterocycles. The molecule has 0 aliphatic rings. The number of benzene rings is 1. The second-order valence-electron chi connectivity index (χ2n) is 2.45. The Labute approximate surface area is 79.8 Å². The van der Waals surface area contributed by atoms with E-state index in [9.17, 15) is 22.0 Å². The summed E-state index contributed by atoms with van der Waals surface area (Å²) >= 11 is 0. The average Bonchev–Trinajstić information content (AvgIpc) is 2.13. The van der Waals surface area contributed by atoms with Crippen LogP contribution in [-0.2, 0) is 6.05 Å². The predicted octanol–water partition coefficient (Wildman–Crippen LogP) is 3.46. The largest absolute Gasteiger partial charge is 0.353 e. The van der Waals surface area contributed by atoms with Gasteiger partial charge in [0.05, 0.1) is 5.56 Å². The maximum atomic E-state index is 12.8. The lowest BCUT2D eigenvalue weighted by Gasteiger charge is -2.11. The van der Waals surface area contributed by atoms with Crippen molar-refractivity contribution < 1.29 is 22.0 Å². The number of halogens is 5. The standard InChI is InChI=1S/C7H2F5N3/c8-4-2-1-3(5(9)6(4)10)7(11,12)14-15-13/h1-2H. The highest BCUT2D eigenvalue weighted by atomic mass is 19.3. The van der Waals surface area contributed by atoms with Crippen LogP contribution in [0.1, 0.15) is 5.56 Å². The summed E-state index contributed by atoms with van der Waals surface area (Å²) in [4.78, 5) is 1.77. The molecule has 0 saturated carbocycles. The molecule has 0 N–H and O–H groups in total. The van der Waals surface area contributed by atoms with Crippen molar-refractivity contribution in [1.29, 1.82) is 0 Å². The Morgan fingerprint density at radius 2 is 1.73 bits per heavy atom. The molecule has 8 heteroatoms. The van der Waals surface area contributed by atoms with Crippen molar-refractivity contribution in [1.82, 2.24) is 0 Å². The maximum absolute atomic E-state index is 12.8. The van der Waals surface area contributed by atoms with E-state index in [1.165, 1.54) is 0 Å². The van der Waals surface area contributed by atoms with Gasteiger partial charge in [0, 0.05) is 4.91 Å². The molecule has 0 unspecified atom stereocenters. The summed E-state index contributed by atoms with van der Waals surface area (Å²) in [6.07, 6.45) is 0. The monoisotopic (exact) mass is 223 g/mol. The Kier molecular flexibility index (Phi) is 2.81. The Balaban J connectivity index is 3.39. The van der Waals surface area contributed by atoms with Crippen molar-refractivity contribution in [3.8, 4) is 0 Å². The average molecular weight is 223 g/mol. The van der Waals surface area contributed by atoms with Crippen molar-refractivity contribution in [2.75, 3.05) is 0 Å². The SMILES string of the molecule is [N-]=[N+]=NC(F)(F)c1ccc(F)c(F)c1F. The van der Waals surface area contributed by atoms with E-state index in [-0.39, 0.29) is 0 Å². The van der Waals surface area contributed by atoms with Gasteiger partial charge in [0.15, 0.2) is 17.5 Å². The number of azide groups is 1. The van der Waals surface area contributed by atoms with E-state index in [2.05, 4.69) is 0 Å². The van der Waals surface area contributed by atoms with Crippen LogP contribution in [0.2, 0.25) is 0 Å². The molecule has 80 valence electrons. The van der Waals surface area contributed by atoms with Gasteiger partial charge in [0.25, 0.3) is 0 Å². The topological polar surface area (TPSA) is 48.8 Å². The van der Waals surface area contributed by atoms with Crippen LogP contribution in [0.3, 0.4) is 0 Å². The van der Waals surface area contributed by atoms with Crippen LogP contribution >= 0.6 is 0 Å². The molecule has 0 spiro atoms. The predicted molar refractivity (Wildman–Crippen MR) is 39.4 cm³/mol. The van der Waals surface area contributed by atoms with Crippen LogP contribution in [-0.4, -0.2) is 0 Å². The summed E-state index contributed by atoms with van der Waals surface area (Å²) < 4.78 is 63.3. The summed E-state index contributed by atoms with van der Waals surface area (Å²) in [7, 11) is 0. The second-order valence-corrected chi connectivity index (χ2v) is 2.45. The molecule has 0 amide bonds.